The van der Waals surface area contributed by atoms with Crippen LogP contribution in [-0.2, 0) is 9.53 Å². The highest BCUT2D eigenvalue weighted by Gasteiger charge is 2.15. The van der Waals surface area contributed by atoms with Gasteiger partial charge in [0.25, 0.3) is 5.91 Å². The monoisotopic (exact) mass is 502 g/mol. The van der Waals surface area contributed by atoms with Crippen LogP contribution >= 0.6 is 22.9 Å². The Labute approximate surface area is 209 Å². The number of imidazole rings is 1. The van der Waals surface area contributed by atoms with E-state index >= 15 is 0 Å². The number of amides is 1. The smallest absolute Gasteiger partial charge is 0.338 e. The van der Waals surface area contributed by atoms with Crippen LogP contribution in [0.5, 0.6) is 0 Å². The summed E-state index contributed by atoms with van der Waals surface area (Å²) in [7, 11) is 0. The number of aromatic nitrogens is 3. The molecule has 0 saturated carbocycles. The fourth-order valence-electron chi connectivity index (χ4n) is 3.48. The number of fused-ring (bicyclic) bond motifs is 1. The summed E-state index contributed by atoms with van der Waals surface area (Å²) >= 11 is 7.47. The highest BCUT2D eigenvalue weighted by atomic mass is 35.5. The number of carbonyl (C=O) groups is 2. The van der Waals surface area contributed by atoms with Crippen molar-refractivity contribution in [1.29, 1.82) is 0 Å². The minimum absolute atomic E-state index is 0.319. The minimum Gasteiger partial charge on any atom is -0.452 e. The third-order valence-corrected chi connectivity index (χ3v) is 6.36. The lowest BCUT2D eigenvalue weighted by molar-refractivity contribution is -0.119. The lowest BCUT2D eigenvalue weighted by Gasteiger charge is -2.05. The summed E-state index contributed by atoms with van der Waals surface area (Å²) in [6.07, 6.45) is 0. The van der Waals surface area contributed by atoms with E-state index in [2.05, 4.69) is 20.3 Å². The molecule has 0 atom stereocenters. The number of esters is 1. The number of ether oxygens (including phenoxy) is 1. The first-order chi connectivity index (χ1) is 17.0. The van der Waals surface area contributed by atoms with Gasteiger partial charge < -0.3 is 9.72 Å². The number of halogens is 1. The Morgan fingerprint density at radius 2 is 1.86 bits per heavy atom. The van der Waals surface area contributed by atoms with Crippen molar-refractivity contribution in [2.24, 2.45) is 0 Å². The maximum Gasteiger partial charge on any atom is 0.338 e. The van der Waals surface area contributed by atoms with Gasteiger partial charge in [0.15, 0.2) is 11.7 Å². The molecule has 0 radical (unpaired) electrons. The van der Waals surface area contributed by atoms with Crippen LogP contribution in [0.2, 0.25) is 5.02 Å². The molecular formula is C26H19ClN4O3S. The van der Waals surface area contributed by atoms with Gasteiger partial charge in [-0.25, -0.2) is 14.8 Å². The molecule has 7 nitrogen and oxygen atoms in total. The van der Waals surface area contributed by atoms with Crippen LogP contribution in [0.4, 0.5) is 5.13 Å². The number of hydrogen-bond donors (Lipinski definition) is 2. The zero-order valence-corrected chi connectivity index (χ0v) is 20.1. The number of aryl methyl sites for hydroxylation is 1. The third-order valence-electron chi connectivity index (χ3n) is 5.28. The van der Waals surface area contributed by atoms with E-state index in [9.17, 15) is 9.59 Å². The number of aromatic amines is 1. The first kappa shape index (κ1) is 22.8. The number of benzene rings is 3. The van der Waals surface area contributed by atoms with E-state index in [0.29, 0.717) is 32.8 Å². The van der Waals surface area contributed by atoms with E-state index in [1.54, 1.807) is 29.6 Å². The Bertz CT molecular complexity index is 1540. The minimum atomic E-state index is -0.607. The Morgan fingerprint density at radius 3 is 2.66 bits per heavy atom. The van der Waals surface area contributed by atoms with Crippen LogP contribution < -0.4 is 5.32 Å². The van der Waals surface area contributed by atoms with Crippen molar-refractivity contribution in [1.82, 2.24) is 15.0 Å². The van der Waals surface area contributed by atoms with Crippen LogP contribution in [0, 0.1) is 6.92 Å². The van der Waals surface area contributed by atoms with Crippen molar-refractivity contribution in [2.45, 2.75) is 6.92 Å². The van der Waals surface area contributed by atoms with Crippen LogP contribution in [0.25, 0.3) is 33.7 Å². The molecule has 0 unspecified atom stereocenters. The molecule has 0 spiro atoms. The second kappa shape index (κ2) is 9.69. The van der Waals surface area contributed by atoms with Gasteiger partial charge in [0.2, 0.25) is 0 Å². The van der Waals surface area contributed by atoms with E-state index in [4.69, 9.17) is 16.3 Å². The average Bonchev–Trinajstić information content (AvgIpc) is 3.50. The molecule has 174 valence electrons. The first-order valence-electron chi connectivity index (χ1n) is 10.7. The van der Waals surface area contributed by atoms with Crippen molar-refractivity contribution in [2.75, 3.05) is 11.9 Å². The standard InChI is InChI=1S/C26H19ClN4O3S/c1-15-6-8-16(9-7-15)24-28-20-11-10-17(12-21(20)29-24)25(33)34-13-23(32)31-26-30-22(14-35-26)18-4-2-3-5-19(18)27/h2-12,14H,13H2,1H3,(H,28,29)(H,30,31,32). The van der Waals surface area contributed by atoms with Gasteiger partial charge >= 0.3 is 5.97 Å². The number of hydrogen-bond acceptors (Lipinski definition) is 6. The van der Waals surface area contributed by atoms with Gasteiger partial charge in [-0.3, -0.25) is 10.1 Å². The molecule has 1 amide bonds. The van der Waals surface area contributed by atoms with Gasteiger partial charge in [0.1, 0.15) is 5.82 Å². The highest BCUT2D eigenvalue weighted by molar-refractivity contribution is 7.14. The SMILES string of the molecule is Cc1ccc(-c2nc3ccc(C(=O)OCC(=O)Nc4nc(-c5ccccc5Cl)cs4)cc3[nH]2)cc1. The second-order valence-corrected chi connectivity index (χ2v) is 9.09. The van der Waals surface area contributed by atoms with E-state index in [1.807, 2.05) is 49.4 Å². The molecule has 0 saturated heterocycles. The average molecular weight is 503 g/mol. The molecule has 0 aliphatic carbocycles. The molecule has 0 fully saturated rings. The fourth-order valence-corrected chi connectivity index (χ4v) is 4.44. The quantitative estimate of drug-likeness (QED) is 0.273. The van der Waals surface area contributed by atoms with Crippen molar-refractivity contribution in [3.05, 3.63) is 88.3 Å². The van der Waals surface area contributed by atoms with Crippen molar-refractivity contribution in [3.63, 3.8) is 0 Å². The second-order valence-electron chi connectivity index (χ2n) is 7.83. The summed E-state index contributed by atoms with van der Waals surface area (Å²) < 4.78 is 5.20. The number of thiazole rings is 1. The summed E-state index contributed by atoms with van der Waals surface area (Å²) in [5, 5.41) is 5.41. The van der Waals surface area contributed by atoms with E-state index in [1.165, 1.54) is 11.3 Å². The summed E-state index contributed by atoms with van der Waals surface area (Å²) in [5.41, 5.74) is 5.30. The molecular weight excluding hydrogens is 484 g/mol. The highest BCUT2D eigenvalue weighted by Crippen LogP contribution is 2.30. The first-order valence-corrected chi connectivity index (χ1v) is 12.0. The van der Waals surface area contributed by atoms with Crippen molar-refractivity contribution >= 4 is 51.0 Å². The number of anilines is 1. The number of nitrogens with one attached hydrogen (secondary N) is 2. The van der Waals surface area contributed by atoms with Gasteiger partial charge in [-0.05, 0) is 31.2 Å². The van der Waals surface area contributed by atoms with Gasteiger partial charge in [-0.15, -0.1) is 11.3 Å². The molecule has 2 aromatic heterocycles. The predicted molar refractivity (Wildman–Crippen MR) is 138 cm³/mol. The summed E-state index contributed by atoms with van der Waals surface area (Å²) in [4.78, 5) is 37.0. The molecule has 5 aromatic rings. The largest absolute Gasteiger partial charge is 0.452 e. The number of H-pyrrole nitrogens is 1. The predicted octanol–water partition coefficient (Wildman–Crippen LogP) is 6.11. The summed E-state index contributed by atoms with van der Waals surface area (Å²) in [6, 6.07) is 20.4. The van der Waals surface area contributed by atoms with Gasteiger partial charge in [-0.1, -0.05) is 59.6 Å². The van der Waals surface area contributed by atoms with Crippen molar-refractivity contribution < 1.29 is 14.3 Å². The molecule has 3 aromatic carbocycles. The topological polar surface area (TPSA) is 97.0 Å². The molecule has 5 rings (SSSR count). The fraction of sp³-hybridized carbons (Fsp3) is 0.0769. The molecule has 2 heterocycles. The van der Waals surface area contributed by atoms with Gasteiger partial charge in [-0.2, -0.15) is 0 Å². The Kier molecular flexibility index (Phi) is 6.31. The summed E-state index contributed by atoms with van der Waals surface area (Å²) in [6.45, 7) is 1.59. The molecule has 0 aliphatic rings. The van der Waals surface area contributed by atoms with E-state index in [0.717, 1.165) is 22.2 Å². The zero-order chi connectivity index (χ0) is 24.4. The Morgan fingerprint density at radius 1 is 1.06 bits per heavy atom. The zero-order valence-electron chi connectivity index (χ0n) is 18.5. The number of nitrogens with zero attached hydrogens (tertiary/aromatic N) is 2. The molecule has 0 bridgehead atoms. The third kappa shape index (κ3) is 5.08. The summed E-state index contributed by atoms with van der Waals surface area (Å²) in [5.74, 6) is -0.378. The van der Waals surface area contributed by atoms with Crippen LogP contribution in [0.15, 0.2) is 72.1 Å². The van der Waals surface area contributed by atoms with Gasteiger partial charge in [0.05, 0.1) is 22.3 Å². The molecule has 35 heavy (non-hydrogen) atoms. The van der Waals surface area contributed by atoms with Gasteiger partial charge in [0, 0.05) is 21.5 Å². The Balaban J connectivity index is 1.21. The molecule has 2 N–H and O–H groups in total. The van der Waals surface area contributed by atoms with Crippen LogP contribution in [0.1, 0.15) is 15.9 Å². The lowest BCUT2D eigenvalue weighted by atomic mass is 10.1. The normalized spacial score (nSPS) is 10.9. The van der Waals surface area contributed by atoms with Crippen molar-refractivity contribution in [3.8, 4) is 22.6 Å². The van der Waals surface area contributed by atoms with Crippen LogP contribution in [0.3, 0.4) is 0 Å². The number of rotatable bonds is 6. The van der Waals surface area contributed by atoms with Crippen LogP contribution in [-0.4, -0.2) is 33.4 Å². The van der Waals surface area contributed by atoms with E-state index in [-0.39, 0.29) is 0 Å². The Hall–Kier alpha value is -4.01. The molecule has 0 aliphatic heterocycles. The van der Waals surface area contributed by atoms with E-state index < -0.39 is 18.5 Å². The maximum atomic E-state index is 12.5. The maximum absolute atomic E-state index is 12.5. The lowest BCUT2D eigenvalue weighted by Crippen LogP contribution is -2.20. The number of carbonyl (C=O) groups excluding carboxylic acids is 2. The molecule has 9 heteroatoms.